The third kappa shape index (κ3) is 6.63. The maximum absolute atomic E-state index is 14.8. The van der Waals surface area contributed by atoms with Crippen LogP contribution < -0.4 is 10.2 Å². The van der Waals surface area contributed by atoms with Crippen LogP contribution >= 0.6 is 0 Å². The molecule has 3 amide bonds. The summed E-state index contributed by atoms with van der Waals surface area (Å²) in [6.07, 6.45) is 0. The van der Waals surface area contributed by atoms with Gasteiger partial charge in [-0.2, -0.15) is 0 Å². The van der Waals surface area contributed by atoms with Crippen LogP contribution in [0.3, 0.4) is 0 Å². The minimum Gasteiger partial charge on any atom is -0.374 e. The van der Waals surface area contributed by atoms with Crippen molar-refractivity contribution in [2.45, 2.75) is 32.9 Å². The van der Waals surface area contributed by atoms with Crippen LogP contribution in [0.25, 0.3) is 0 Å². The molecule has 1 N–H and O–H groups in total. The number of hydrogen-bond donors (Lipinski definition) is 1. The molecule has 3 aromatic carbocycles. The molecule has 8 heteroatoms. The Morgan fingerprint density at radius 1 is 1.05 bits per heavy atom. The molecule has 4 rings (SSSR count). The van der Waals surface area contributed by atoms with E-state index < -0.39 is 5.82 Å². The highest BCUT2D eigenvalue weighted by Crippen LogP contribution is 2.30. The van der Waals surface area contributed by atoms with E-state index in [1.165, 1.54) is 11.0 Å². The van der Waals surface area contributed by atoms with Crippen LogP contribution in [0.5, 0.6) is 0 Å². The van der Waals surface area contributed by atoms with E-state index in [0.29, 0.717) is 47.9 Å². The molecule has 3 aromatic rings. The second kappa shape index (κ2) is 11.6. The van der Waals surface area contributed by atoms with Gasteiger partial charge >= 0.3 is 6.03 Å². The van der Waals surface area contributed by atoms with Crippen molar-refractivity contribution >= 4 is 29.0 Å². The second-order valence-corrected chi connectivity index (χ2v) is 10.1. The molecule has 1 heterocycles. The number of ether oxygens (including phenoxy) is 1. The molecule has 0 radical (unpaired) electrons. The summed E-state index contributed by atoms with van der Waals surface area (Å²) in [6.45, 7) is 6.99. The number of amides is 3. The van der Waals surface area contributed by atoms with Gasteiger partial charge in [-0.3, -0.25) is 9.79 Å². The summed E-state index contributed by atoms with van der Waals surface area (Å²) >= 11 is 0. The summed E-state index contributed by atoms with van der Waals surface area (Å²) in [4.78, 5) is 33.6. The monoisotopic (exact) mass is 516 g/mol. The number of benzodiazepines with no additional fused rings is 1. The van der Waals surface area contributed by atoms with E-state index in [0.717, 1.165) is 5.56 Å². The minimum absolute atomic E-state index is 0.102. The lowest BCUT2D eigenvalue weighted by atomic mass is 9.99. The summed E-state index contributed by atoms with van der Waals surface area (Å²) in [7, 11) is 1.66. The molecule has 38 heavy (non-hydrogen) atoms. The first-order valence-electron chi connectivity index (χ1n) is 12.6. The molecule has 0 saturated heterocycles. The van der Waals surface area contributed by atoms with Crippen molar-refractivity contribution in [1.29, 1.82) is 0 Å². The third-order valence-corrected chi connectivity index (χ3v) is 6.14. The van der Waals surface area contributed by atoms with Gasteiger partial charge in [0.25, 0.3) is 0 Å². The number of likely N-dealkylation sites (N-methyl/N-ethyl adjacent to an activating group) is 1. The Morgan fingerprint density at radius 2 is 1.76 bits per heavy atom. The zero-order valence-electron chi connectivity index (χ0n) is 22.2. The molecule has 1 aliphatic rings. The number of halogens is 1. The summed E-state index contributed by atoms with van der Waals surface area (Å²) in [5, 5.41) is 2.97. The molecular formula is C30H33FN4O3. The smallest absolute Gasteiger partial charge is 0.322 e. The van der Waals surface area contributed by atoms with Crippen molar-refractivity contribution in [1.82, 2.24) is 4.90 Å². The number of anilines is 2. The van der Waals surface area contributed by atoms with Crippen LogP contribution in [0, 0.1) is 5.82 Å². The highest BCUT2D eigenvalue weighted by molar-refractivity contribution is 6.20. The number of fused-ring (bicyclic) bond motifs is 1. The van der Waals surface area contributed by atoms with Crippen molar-refractivity contribution in [2.24, 2.45) is 4.99 Å². The number of carbonyl (C=O) groups excluding carboxylic acids is 2. The Kier molecular flexibility index (Phi) is 8.22. The summed E-state index contributed by atoms with van der Waals surface area (Å²) in [6, 6.07) is 21.0. The van der Waals surface area contributed by atoms with Gasteiger partial charge in [-0.1, -0.05) is 42.5 Å². The number of urea groups is 1. The molecule has 1 aliphatic heterocycles. The third-order valence-electron chi connectivity index (χ3n) is 6.14. The zero-order valence-corrected chi connectivity index (χ0v) is 22.2. The highest BCUT2D eigenvalue weighted by Gasteiger charge is 2.25. The average Bonchev–Trinajstić information content (AvgIpc) is 3.00. The lowest BCUT2D eigenvalue weighted by molar-refractivity contribution is -0.116. The SMILES string of the molecule is CN1C(=O)CN=C(c2ccccc2F)c2cc(NC(=O)N(CCOC(C)(C)C)Cc3ccccc3)ccc21. The average molecular weight is 517 g/mol. The van der Waals surface area contributed by atoms with Crippen LogP contribution in [0.4, 0.5) is 20.6 Å². The van der Waals surface area contributed by atoms with E-state index >= 15 is 0 Å². The molecule has 0 aromatic heterocycles. The topological polar surface area (TPSA) is 74.2 Å². The first-order valence-corrected chi connectivity index (χ1v) is 12.6. The molecule has 7 nitrogen and oxygen atoms in total. The molecule has 0 saturated carbocycles. The Balaban J connectivity index is 1.63. The Morgan fingerprint density at radius 3 is 2.47 bits per heavy atom. The molecule has 0 bridgehead atoms. The lowest BCUT2D eigenvalue weighted by Gasteiger charge is -2.26. The van der Waals surface area contributed by atoms with Crippen molar-refractivity contribution in [2.75, 3.05) is 37.0 Å². The van der Waals surface area contributed by atoms with E-state index in [9.17, 15) is 14.0 Å². The Bertz CT molecular complexity index is 1330. The van der Waals surface area contributed by atoms with Gasteiger partial charge in [-0.15, -0.1) is 0 Å². The van der Waals surface area contributed by atoms with Gasteiger partial charge in [0.1, 0.15) is 12.4 Å². The molecule has 0 spiro atoms. The number of hydrogen-bond acceptors (Lipinski definition) is 4. The molecule has 198 valence electrons. The number of nitrogens with one attached hydrogen (secondary N) is 1. The van der Waals surface area contributed by atoms with Gasteiger partial charge in [-0.25, -0.2) is 9.18 Å². The normalized spacial score (nSPS) is 13.4. The quantitative estimate of drug-likeness (QED) is 0.451. The van der Waals surface area contributed by atoms with Crippen molar-refractivity contribution < 1.29 is 18.7 Å². The van der Waals surface area contributed by atoms with Crippen LogP contribution in [0.2, 0.25) is 0 Å². The molecule has 0 atom stereocenters. The first-order chi connectivity index (χ1) is 18.1. The van der Waals surface area contributed by atoms with Gasteiger partial charge in [-0.05, 0) is 56.7 Å². The number of rotatable bonds is 7. The van der Waals surface area contributed by atoms with E-state index in [2.05, 4.69) is 10.3 Å². The van der Waals surface area contributed by atoms with Gasteiger partial charge in [0.15, 0.2) is 0 Å². The Labute approximate surface area is 222 Å². The van der Waals surface area contributed by atoms with Gasteiger partial charge < -0.3 is 19.9 Å². The summed E-state index contributed by atoms with van der Waals surface area (Å²) in [5.74, 6) is -0.640. The number of aliphatic imine (C=N–C) groups is 1. The lowest BCUT2D eigenvalue weighted by Crippen LogP contribution is -2.38. The molecular weight excluding hydrogens is 483 g/mol. The number of nitrogens with zero attached hydrogens (tertiary/aromatic N) is 3. The maximum Gasteiger partial charge on any atom is 0.322 e. The van der Waals surface area contributed by atoms with Crippen LogP contribution in [-0.2, 0) is 16.1 Å². The number of benzene rings is 3. The fourth-order valence-corrected chi connectivity index (χ4v) is 4.17. The molecule has 0 aliphatic carbocycles. The van der Waals surface area contributed by atoms with Gasteiger partial charge in [0.2, 0.25) is 5.91 Å². The van der Waals surface area contributed by atoms with E-state index in [-0.39, 0.29) is 24.1 Å². The fourth-order valence-electron chi connectivity index (χ4n) is 4.17. The number of carbonyl (C=O) groups is 2. The fraction of sp³-hybridized carbons (Fsp3) is 0.300. The van der Waals surface area contributed by atoms with Crippen molar-refractivity contribution in [3.05, 3.63) is 95.3 Å². The minimum atomic E-state index is -0.434. The second-order valence-electron chi connectivity index (χ2n) is 10.1. The first kappa shape index (κ1) is 27.0. The van der Waals surface area contributed by atoms with Crippen molar-refractivity contribution in [3.8, 4) is 0 Å². The largest absolute Gasteiger partial charge is 0.374 e. The zero-order chi connectivity index (χ0) is 27.3. The summed E-state index contributed by atoms with van der Waals surface area (Å²) < 4.78 is 20.6. The summed E-state index contributed by atoms with van der Waals surface area (Å²) in [5.41, 5.74) is 3.00. The van der Waals surface area contributed by atoms with Crippen molar-refractivity contribution in [3.63, 3.8) is 0 Å². The predicted octanol–water partition coefficient (Wildman–Crippen LogP) is 5.49. The van der Waals surface area contributed by atoms with E-state index in [1.54, 1.807) is 48.3 Å². The molecule has 0 unspecified atom stereocenters. The van der Waals surface area contributed by atoms with Gasteiger partial charge in [0, 0.05) is 37.0 Å². The standard InChI is InChI=1S/C30H33FN4O3/c1-30(2,3)38-17-16-35(20-21-10-6-5-7-11-21)29(37)33-22-14-15-26-24(18-22)28(32-19-27(36)34(26)4)23-12-8-9-13-25(23)31/h5-15,18H,16-17,19-20H2,1-4H3,(H,33,37). The molecule has 0 fully saturated rings. The maximum atomic E-state index is 14.8. The van der Waals surface area contributed by atoms with Crippen LogP contribution in [0.1, 0.15) is 37.5 Å². The Hall–Kier alpha value is -4.04. The van der Waals surface area contributed by atoms with E-state index in [1.807, 2.05) is 51.1 Å². The highest BCUT2D eigenvalue weighted by atomic mass is 19.1. The van der Waals surface area contributed by atoms with Gasteiger partial charge in [0.05, 0.1) is 23.6 Å². The van der Waals surface area contributed by atoms with Crippen LogP contribution in [0.15, 0.2) is 77.8 Å². The predicted molar refractivity (Wildman–Crippen MR) is 148 cm³/mol. The van der Waals surface area contributed by atoms with E-state index in [4.69, 9.17) is 4.74 Å². The van der Waals surface area contributed by atoms with Crippen LogP contribution in [-0.4, -0.2) is 54.9 Å².